The van der Waals surface area contributed by atoms with Gasteiger partial charge in [-0.05, 0) is 19.9 Å². The van der Waals surface area contributed by atoms with Gasteiger partial charge < -0.3 is 9.84 Å². The van der Waals surface area contributed by atoms with E-state index in [4.69, 9.17) is 9.84 Å². The molecule has 1 N–H and O–H groups in total. The highest BCUT2D eigenvalue weighted by Crippen LogP contribution is 2.18. The second-order valence-corrected chi connectivity index (χ2v) is 2.91. The van der Waals surface area contributed by atoms with Crippen LogP contribution in [0.3, 0.4) is 0 Å². The quantitative estimate of drug-likeness (QED) is 0.793. The van der Waals surface area contributed by atoms with E-state index in [0.29, 0.717) is 18.1 Å². The average molecular weight is 195 g/mol. The Kier molecular flexibility index (Phi) is 3.45. The van der Waals surface area contributed by atoms with E-state index in [1.165, 1.54) is 0 Å². The van der Waals surface area contributed by atoms with E-state index in [1.54, 1.807) is 25.3 Å². The summed E-state index contributed by atoms with van der Waals surface area (Å²) in [5, 5.41) is 8.78. The molecule has 0 spiro atoms. The summed E-state index contributed by atoms with van der Waals surface area (Å²) in [6, 6.07) is 3.36. The molecular weight excluding hydrogens is 182 g/mol. The molecule has 76 valence electrons. The third-order valence-electron chi connectivity index (χ3n) is 1.88. The van der Waals surface area contributed by atoms with E-state index >= 15 is 0 Å². The molecule has 0 aromatic carbocycles. The highest BCUT2D eigenvalue weighted by molar-refractivity contribution is 5.74. The van der Waals surface area contributed by atoms with Gasteiger partial charge in [0.25, 0.3) is 0 Å². The zero-order chi connectivity index (χ0) is 10.6. The maximum Gasteiger partial charge on any atom is 0.312 e. The fourth-order valence-electron chi connectivity index (χ4n) is 1.05. The smallest absolute Gasteiger partial charge is 0.312 e. The minimum absolute atomic E-state index is 0.517. The second-order valence-electron chi connectivity index (χ2n) is 2.91. The lowest BCUT2D eigenvalue weighted by Crippen LogP contribution is -2.09. The zero-order valence-corrected chi connectivity index (χ0v) is 8.23. The maximum atomic E-state index is 10.7. The number of carboxylic acids is 1. The summed E-state index contributed by atoms with van der Waals surface area (Å²) >= 11 is 0. The first kappa shape index (κ1) is 10.5. The molecule has 0 aliphatic carbocycles. The minimum atomic E-state index is -0.883. The number of hydrogen-bond acceptors (Lipinski definition) is 3. The Morgan fingerprint density at radius 1 is 1.71 bits per heavy atom. The van der Waals surface area contributed by atoms with Crippen molar-refractivity contribution in [1.29, 1.82) is 0 Å². The summed E-state index contributed by atoms with van der Waals surface area (Å²) in [5.74, 6) is -0.827. The first-order valence-corrected chi connectivity index (χ1v) is 4.46. The van der Waals surface area contributed by atoms with E-state index in [1.807, 2.05) is 6.92 Å². The fourth-order valence-corrected chi connectivity index (χ4v) is 1.05. The number of aliphatic carboxylic acids is 1. The van der Waals surface area contributed by atoms with Crippen LogP contribution in [0.5, 0.6) is 5.75 Å². The summed E-state index contributed by atoms with van der Waals surface area (Å²) < 4.78 is 5.24. The number of rotatable bonds is 4. The molecule has 0 aliphatic heterocycles. The van der Waals surface area contributed by atoms with E-state index in [2.05, 4.69) is 4.98 Å². The Morgan fingerprint density at radius 3 is 3.00 bits per heavy atom. The molecule has 1 heterocycles. The maximum absolute atomic E-state index is 10.7. The largest absolute Gasteiger partial charge is 0.494 e. The van der Waals surface area contributed by atoms with Crippen molar-refractivity contribution in [3.8, 4) is 5.75 Å². The lowest BCUT2D eigenvalue weighted by molar-refractivity contribution is -0.138. The van der Waals surface area contributed by atoms with Crippen molar-refractivity contribution in [3.63, 3.8) is 0 Å². The molecule has 4 heteroatoms. The van der Waals surface area contributed by atoms with E-state index in [-0.39, 0.29) is 0 Å². The van der Waals surface area contributed by atoms with Gasteiger partial charge >= 0.3 is 5.97 Å². The van der Waals surface area contributed by atoms with E-state index in [9.17, 15) is 4.79 Å². The van der Waals surface area contributed by atoms with Gasteiger partial charge in [0.2, 0.25) is 0 Å². The van der Waals surface area contributed by atoms with Crippen LogP contribution >= 0.6 is 0 Å². The molecule has 4 nitrogen and oxygen atoms in total. The summed E-state index contributed by atoms with van der Waals surface area (Å²) in [6.07, 6.45) is 1.56. The molecule has 14 heavy (non-hydrogen) atoms. The van der Waals surface area contributed by atoms with Crippen LogP contribution in [0.4, 0.5) is 0 Å². The van der Waals surface area contributed by atoms with Crippen molar-refractivity contribution in [1.82, 2.24) is 4.98 Å². The lowest BCUT2D eigenvalue weighted by Gasteiger charge is -2.07. The van der Waals surface area contributed by atoms with Gasteiger partial charge in [-0.25, -0.2) is 0 Å². The van der Waals surface area contributed by atoms with Crippen molar-refractivity contribution in [3.05, 3.63) is 24.0 Å². The van der Waals surface area contributed by atoms with Gasteiger partial charge in [0.05, 0.1) is 18.2 Å². The van der Waals surface area contributed by atoms with Crippen molar-refractivity contribution < 1.29 is 14.6 Å². The molecule has 0 fully saturated rings. The van der Waals surface area contributed by atoms with Crippen molar-refractivity contribution in [2.45, 2.75) is 19.8 Å². The zero-order valence-electron chi connectivity index (χ0n) is 8.23. The summed E-state index contributed by atoms with van der Waals surface area (Å²) in [6.45, 7) is 4.03. The number of carbonyl (C=O) groups is 1. The van der Waals surface area contributed by atoms with Crippen LogP contribution < -0.4 is 4.74 Å². The minimum Gasteiger partial charge on any atom is -0.494 e. The van der Waals surface area contributed by atoms with Crippen LogP contribution in [0.15, 0.2) is 18.3 Å². The molecule has 1 aromatic rings. The molecular formula is C10H13NO3. The van der Waals surface area contributed by atoms with Crippen LogP contribution in [0, 0.1) is 0 Å². The van der Waals surface area contributed by atoms with Crippen molar-refractivity contribution in [2.75, 3.05) is 6.61 Å². The number of nitrogens with zero attached hydrogens (tertiary/aromatic N) is 1. The molecule has 0 radical (unpaired) electrons. The number of carboxylic acid groups (broad SMARTS) is 1. The molecule has 1 rings (SSSR count). The number of ether oxygens (including phenoxy) is 1. The van der Waals surface area contributed by atoms with Crippen LogP contribution in [0.1, 0.15) is 25.5 Å². The predicted molar refractivity (Wildman–Crippen MR) is 51.5 cm³/mol. The highest BCUT2D eigenvalue weighted by atomic mass is 16.5. The second kappa shape index (κ2) is 4.60. The lowest BCUT2D eigenvalue weighted by atomic mass is 10.1. The van der Waals surface area contributed by atoms with Gasteiger partial charge in [-0.3, -0.25) is 9.78 Å². The van der Waals surface area contributed by atoms with Crippen molar-refractivity contribution in [2.24, 2.45) is 0 Å². The monoisotopic (exact) mass is 195 g/mol. The molecule has 0 amide bonds. The molecule has 0 aliphatic rings. The van der Waals surface area contributed by atoms with Gasteiger partial charge in [-0.1, -0.05) is 0 Å². The molecule has 0 saturated carbocycles. The normalized spacial score (nSPS) is 12.1. The Balaban J connectivity index is 2.87. The summed E-state index contributed by atoms with van der Waals surface area (Å²) in [5.41, 5.74) is 0.517. The fraction of sp³-hybridized carbons (Fsp3) is 0.400. The SMILES string of the molecule is CCOc1ccnc(C(C)C(=O)O)c1. The Labute approximate surface area is 82.5 Å². The molecule has 1 unspecified atom stereocenters. The van der Waals surface area contributed by atoms with Gasteiger partial charge in [0, 0.05) is 12.3 Å². The molecule has 0 saturated heterocycles. The van der Waals surface area contributed by atoms with Crippen LogP contribution in [-0.4, -0.2) is 22.7 Å². The average Bonchev–Trinajstić information content (AvgIpc) is 2.17. The van der Waals surface area contributed by atoms with Crippen LogP contribution in [-0.2, 0) is 4.79 Å². The number of hydrogen-bond donors (Lipinski definition) is 1. The van der Waals surface area contributed by atoms with Crippen molar-refractivity contribution >= 4 is 5.97 Å². The summed E-state index contributed by atoms with van der Waals surface area (Å²) in [4.78, 5) is 14.7. The standard InChI is InChI=1S/C10H13NO3/c1-3-14-8-4-5-11-9(6-8)7(2)10(12)13/h4-7H,3H2,1-2H3,(H,12,13). The van der Waals surface area contributed by atoms with Gasteiger partial charge in [0.1, 0.15) is 5.75 Å². The highest BCUT2D eigenvalue weighted by Gasteiger charge is 2.15. The molecule has 0 bridgehead atoms. The van der Waals surface area contributed by atoms with Crippen LogP contribution in [0.25, 0.3) is 0 Å². The molecule has 1 aromatic heterocycles. The first-order valence-electron chi connectivity index (χ1n) is 4.46. The van der Waals surface area contributed by atoms with E-state index in [0.717, 1.165) is 0 Å². The van der Waals surface area contributed by atoms with Crippen LogP contribution in [0.2, 0.25) is 0 Å². The van der Waals surface area contributed by atoms with E-state index < -0.39 is 11.9 Å². The topological polar surface area (TPSA) is 59.4 Å². The third-order valence-corrected chi connectivity index (χ3v) is 1.88. The van der Waals surface area contributed by atoms with Gasteiger partial charge in [-0.15, -0.1) is 0 Å². The molecule has 1 atom stereocenters. The Morgan fingerprint density at radius 2 is 2.43 bits per heavy atom. The number of aromatic nitrogens is 1. The summed E-state index contributed by atoms with van der Waals surface area (Å²) in [7, 11) is 0. The Hall–Kier alpha value is -1.58. The Bertz CT molecular complexity index is 325. The predicted octanol–water partition coefficient (Wildman–Crippen LogP) is 1.67. The van der Waals surface area contributed by atoms with Gasteiger partial charge in [-0.2, -0.15) is 0 Å². The van der Waals surface area contributed by atoms with Gasteiger partial charge in [0.15, 0.2) is 0 Å². The number of pyridine rings is 1. The first-order chi connectivity index (χ1) is 6.65. The third kappa shape index (κ3) is 2.45.